The highest BCUT2D eigenvalue weighted by atomic mass is 32.2. The first-order chi connectivity index (χ1) is 9.61. The minimum Gasteiger partial charge on any atom is -0.314 e. The number of likely N-dealkylation sites (N-methyl/N-ethyl adjacent to an activating group) is 1. The van der Waals surface area contributed by atoms with Crippen LogP contribution in [-0.2, 0) is 10.0 Å². The van der Waals surface area contributed by atoms with Gasteiger partial charge < -0.3 is 5.32 Å². The van der Waals surface area contributed by atoms with Gasteiger partial charge in [-0.1, -0.05) is 13.3 Å². The number of rotatable bonds is 7. The molecule has 6 heteroatoms. The molecular formula is C14H29N3O2S. The van der Waals surface area contributed by atoms with E-state index in [9.17, 15) is 8.42 Å². The third-order valence-electron chi connectivity index (χ3n) is 4.59. The monoisotopic (exact) mass is 303 g/mol. The van der Waals surface area contributed by atoms with Crippen molar-refractivity contribution in [2.45, 2.75) is 57.5 Å². The van der Waals surface area contributed by atoms with Crippen LogP contribution >= 0.6 is 0 Å². The van der Waals surface area contributed by atoms with Crippen LogP contribution in [0.3, 0.4) is 0 Å². The summed E-state index contributed by atoms with van der Waals surface area (Å²) in [6.45, 7) is 5.87. The van der Waals surface area contributed by atoms with E-state index in [4.69, 9.17) is 0 Å². The molecule has 0 amide bonds. The largest absolute Gasteiger partial charge is 0.314 e. The Hall–Kier alpha value is -0.170. The fourth-order valence-electron chi connectivity index (χ4n) is 3.31. The molecule has 5 nitrogen and oxygen atoms in total. The molecule has 2 fully saturated rings. The molecule has 20 heavy (non-hydrogen) atoms. The lowest BCUT2D eigenvalue weighted by Crippen LogP contribution is -2.42. The Kier molecular flexibility index (Phi) is 6.26. The van der Waals surface area contributed by atoms with Gasteiger partial charge in [-0.05, 0) is 51.7 Å². The Labute approximate surface area is 123 Å². The second-order valence-corrected chi connectivity index (χ2v) is 7.95. The first-order valence-electron chi connectivity index (χ1n) is 8.05. The number of hydrogen-bond donors (Lipinski definition) is 2. The molecule has 2 aliphatic heterocycles. The van der Waals surface area contributed by atoms with Gasteiger partial charge in [0.25, 0.3) is 0 Å². The standard InChI is InChI=1S/C14H29N3O2S/c1-2-17-10-5-7-14(17)12-16-20(18,19)11-8-13-6-3-4-9-15-13/h13-16H,2-12H2,1H3. The van der Waals surface area contributed by atoms with Gasteiger partial charge in [-0.15, -0.1) is 0 Å². The van der Waals surface area contributed by atoms with Gasteiger partial charge in [0.15, 0.2) is 0 Å². The summed E-state index contributed by atoms with van der Waals surface area (Å²) in [6.07, 6.45) is 6.58. The summed E-state index contributed by atoms with van der Waals surface area (Å²) in [4.78, 5) is 2.37. The minimum absolute atomic E-state index is 0.253. The van der Waals surface area contributed by atoms with Crippen LogP contribution in [0.4, 0.5) is 0 Å². The van der Waals surface area contributed by atoms with Crippen molar-refractivity contribution in [1.82, 2.24) is 14.9 Å². The highest BCUT2D eigenvalue weighted by Gasteiger charge is 2.25. The molecule has 2 aliphatic rings. The first-order valence-corrected chi connectivity index (χ1v) is 9.70. The van der Waals surface area contributed by atoms with Gasteiger partial charge in [-0.25, -0.2) is 13.1 Å². The van der Waals surface area contributed by atoms with E-state index >= 15 is 0 Å². The molecule has 0 saturated carbocycles. The molecule has 2 atom stereocenters. The van der Waals surface area contributed by atoms with Crippen molar-refractivity contribution in [1.29, 1.82) is 0 Å². The summed E-state index contributed by atoms with van der Waals surface area (Å²) in [5.41, 5.74) is 0. The Morgan fingerprint density at radius 2 is 2.10 bits per heavy atom. The van der Waals surface area contributed by atoms with E-state index in [-0.39, 0.29) is 5.75 Å². The van der Waals surface area contributed by atoms with Crippen molar-refractivity contribution in [3.8, 4) is 0 Å². The molecule has 0 bridgehead atoms. The third-order valence-corrected chi connectivity index (χ3v) is 5.97. The topological polar surface area (TPSA) is 61.4 Å². The van der Waals surface area contributed by atoms with Crippen molar-refractivity contribution in [3.05, 3.63) is 0 Å². The molecule has 0 aromatic rings. The molecule has 2 saturated heterocycles. The molecule has 0 aromatic heterocycles. The van der Waals surface area contributed by atoms with Crippen molar-refractivity contribution >= 4 is 10.0 Å². The summed E-state index contributed by atoms with van der Waals surface area (Å²) >= 11 is 0. The zero-order chi connectivity index (χ0) is 14.4. The summed E-state index contributed by atoms with van der Waals surface area (Å²) in [5, 5.41) is 3.40. The summed E-state index contributed by atoms with van der Waals surface area (Å²) in [6, 6.07) is 0.779. The summed E-state index contributed by atoms with van der Waals surface area (Å²) < 4.78 is 26.9. The molecule has 2 unspecified atom stereocenters. The van der Waals surface area contributed by atoms with Crippen LogP contribution in [0, 0.1) is 0 Å². The van der Waals surface area contributed by atoms with Crippen LogP contribution in [0.1, 0.15) is 45.4 Å². The van der Waals surface area contributed by atoms with Crippen LogP contribution < -0.4 is 10.0 Å². The number of piperidine rings is 1. The number of hydrogen-bond acceptors (Lipinski definition) is 4. The van der Waals surface area contributed by atoms with E-state index in [1.807, 2.05) is 0 Å². The zero-order valence-corrected chi connectivity index (χ0v) is 13.4. The fraction of sp³-hybridized carbons (Fsp3) is 1.00. The van der Waals surface area contributed by atoms with Crippen molar-refractivity contribution in [3.63, 3.8) is 0 Å². The molecule has 0 spiro atoms. The zero-order valence-electron chi connectivity index (χ0n) is 12.6. The van der Waals surface area contributed by atoms with Crippen LogP contribution in [-0.4, -0.2) is 57.3 Å². The SMILES string of the molecule is CCN1CCCC1CNS(=O)(=O)CCC1CCCCN1. The predicted octanol–water partition coefficient (Wildman–Crippen LogP) is 0.922. The van der Waals surface area contributed by atoms with Crippen molar-refractivity contribution < 1.29 is 8.42 Å². The maximum absolute atomic E-state index is 12.1. The van der Waals surface area contributed by atoms with Crippen molar-refractivity contribution in [2.75, 3.05) is 31.9 Å². The highest BCUT2D eigenvalue weighted by Crippen LogP contribution is 2.16. The van der Waals surface area contributed by atoms with Crippen LogP contribution in [0.25, 0.3) is 0 Å². The van der Waals surface area contributed by atoms with Gasteiger partial charge in [-0.2, -0.15) is 0 Å². The smallest absolute Gasteiger partial charge is 0.211 e. The number of likely N-dealkylation sites (tertiary alicyclic amines) is 1. The molecule has 2 N–H and O–H groups in total. The van der Waals surface area contributed by atoms with Gasteiger partial charge in [0, 0.05) is 18.6 Å². The minimum atomic E-state index is -3.12. The van der Waals surface area contributed by atoms with Crippen LogP contribution in [0.2, 0.25) is 0 Å². The molecule has 2 rings (SSSR count). The maximum atomic E-state index is 12.1. The van der Waals surface area contributed by atoms with E-state index in [1.54, 1.807) is 0 Å². The molecule has 2 heterocycles. The molecular weight excluding hydrogens is 274 g/mol. The third kappa shape index (κ3) is 4.98. The first kappa shape index (κ1) is 16.2. The molecule has 0 aromatic carbocycles. The van der Waals surface area contributed by atoms with E-state index in [0.29, 0.717) is 18.6 Å². The second kappa shape index (κ2) is 7.73. The molecule has 0 aliphatic carbocycles. The highest BCUT2D eigenvalue weighted by molar-refractivity contribution is 7.89. The molecule has 0 radical (unpaired) electrons. The number of sulfonamides is 1. The van der Waals surface area contributed by atoms with Gasteiger partial charge in [0.1, 0.15) is 0 Å². The lowest BCUT2D eigenvalue weighted by Gasteiger charge is -2.24. The van der Waals surface area contributed by atoms with E-state index < -0.39 is 10.0 Å². The lowest BCUT2D eigenvalue weighted by molar-refractivity contribution is 0.268. The summed E-state index contributed by atoms with van der Waals surface area (Å²) in [7, 11) is -3.12. The summed E-state index contributed by atoms with van der Waals surface area (Å²) in [5.74, 6) is 0.253. The second-order valence-electron chi connectivity index (χ2n) is 6.03. The Bertz CT molecular complexity index is 380. The number of nitrogens with one attached hydrogen (secondary N) is 2. The normalized spacial score (nSPS) is 28.9. The predicted molar refractivity (Wildman–Crippen MR) is 82.3 cm³/mol. The lowest BCUT2D eigenvalue weighted by atomic mass is 10.0. The Balaban J connectivity index is 1.70. The van der Waals surface area contributed by atoms with E-state index in [1.165, 1.54) is 19.3 Å². The maximum Gasteiger partial charge on any atom is 0.211 e. The van der Waals surface area contributed by atoms with Crippen molar-refractivity contribution in [2.24, 2.45) is 0 Å². The quantitative estimate of drug-likeness (QED) is 0.734. The number of nitrogens with zero attached hydrogens (tertiary/aromatic N) is 1. The molecule has 118 valence electrons. The Morgan fingerprint density at radius 1 is 1.25 bits per heavy atom. The van der Waals surface area contributed by atoms with Gasteiger partial charge in [-0.3, -0.25) is 4.90 Å². The fourth-order valence-corrected chi connectivity index (χ4v) is 4.49. The van der Waals surface area contributed by atoms with Crippen LogP contribution in [0.5, 0.6) is 0 Å². The van der Waals surface area contributed by atoms with Crippen LogP contribution in [0.15, 0.2) is 0 Å². The van der Waals surface area contributed by atoms with E-state index in [2.05, 4.69) is 21.9 Å². The van der Waals surface area contributed by atoms with Gasteiger partial charge >= 0.3 is 0 Å². The average molecular weight is 303 g/mol. The van der Waals surface area contributed by atoms with Gasteiger partial charge in [0.05, 0.1) is 5.75 Å². The van der Waals surface area contributed by atoms with E-state index in [0.717, 1.165) is 38.9 Å². The average Bonchev–Trinajstić information content (AvgIpc) is 2.92. The Morgan fingerprint density at radius 3 is 2.80 bits per heavy atom. The van der Waals surface area contributed by atoms with Gasteiger partial charge in [0.2, 0.25) is 10.0 Å².